The number of nitrogens with one attached hydrogen (secondary N) is 1. The number of quaternary nitrogens is 1. The van der Waals surface area contributed by atoms with Crippen LogP contribution >= 0.6 is 0 Å². The van der Waals surface area contributed by atoms with Crippen LogP contribution in [0, 0.1) is 6.92 Å². The Morgan fingerprint density at radius 2 is 1.82 bits per heavy atom. The molecule has 1 saturated heterocycles. The fourth-order valence-corrected chi connectivity index (χ4v) is 4.69. The summed E-state index contributed by atoms with van der Waals surface area (Å²) >= 11 is 0. The fraction of sp³-hybridized carbons (Fsp3) is 0.435. The van der Waals surface area contributed by atoms with Crippen molar-refractivity contribution in [1.82, 2.24) is 0 Å². The second-order valence-corrected chi connectivity index (χ2v) is 8.49. The maximum absolute atomic E-state index is 11.7. The normalized spacial score (nSPS) is 27.9. The van der Waals surface area contributed by atoms with Crippen molar-refractivity contribution in [2.45, 2.75) is 51.2 Å². The highest BCUT2D eigenvalue weighted by Crippen LogP contribution is 2.37. The molecule has 1 fully saturated rings. The number of amides is 1. The molecular formula is C23H29N2O3+. The van der Waals surface area contributed by atoms with Gasteiger partial charge in [-0.1, -0.05) is 36.4 Å². The first-order chi connectivity index (χ1) is 13.3. The van der Waals surface area contributed by atoms with Gasteiger partial charge in [0.05, 0.1) is 6.42 Å². The highest BCUT2D eigenvalue weighted by molar-refractivity contribution is 5.99. The molecule has 2 aromatic rings. The number of likely N-dealkylation sites (tertiary alicyclic amines) is 1. The molecule has 2 heterocycles. The molecule has 1 atom stereocenters. The van der Waals surface area contributed by atoms with Crippen molar-refractivity contribution in [3.63, 3.8) is 0 Å². The van der Waals surface area contributed by atoms with E-state index >= 15 is 0 Å². The zero-order valence-electron chi connectivity index (χ0n) is 16.6. The number of hydrogen-bond donors (Lipinski definition) is 3. The topological polar surface area (TPSA) is 69.6 Å². The van der Waals surface area contributed by atoms with Gasteiger partial charge in [0.25, 0.3) is 0 Å². The van der Waals surface area contributed by atoms with Crippen LogP contribution in [0.1, 0.15) is 42.0 Å². The lowest BCUT2D eigenvalue weighted by atomic mass is 9.83. The van der Waals surface area contributed by atoms with E-state index in [4.69, 9.17) is 0 Å². The van der Waals surface area contributed by atoms with Gasteiger partial charge < -0.3 is 10.4 Å². The smallest absolute Gasteiger partial charge is 0.228 e. The lowest BCUT2D eigenvalue weighted by molar-refractivity contribution is -1.12. The van der Waals surface area contributed by atoms with Crippen LogP contribution in [0.4, 0.5) is 5.69 Å². The van der Waals surface area contributed by atoms with Gasteiger partial charge in [-0.25, -0.2) is 5.21 Å². The molecule has 3 N–H and O–H groups in total. The van der Waals surface area contributed by atoms with E-state index in [2.05, 4.69) is 25.2 Å². The number of hydroxylamine groups is 3. The molecule has 2 aliphatic rings. The van der Waals surface area contributed by atoms with Gasteiger partial charge >= 0.3 is 0 Å². The Morgan fingerprint density at radius 1 is 1.14 bits per heavy atom. The predicted octanol–water partition coefficient (Wildman–Crippen LogP) is 3.31. The standard InChI is InChI=1S/C23H28N2O3/c1-16(14-18-8-9-21-20(17(18)2)15-22(26)24-21)25(28)12-10-23(27,11-13-25)19-6-4-3-5-7-19/h3-9,16,27-28H,10-15H2,1-2H3/p+1/t16-,23?,25?/m0/s1. The van der Waals surface area contributed by atoms with Crippen LogP contribution in [0.2, 0.25) is 0 Å². The minimum absolute atomic E-state index is 0.0159. The number of fused-ring (bicyclic) bond motifs is 1. The molecule has 1 amide bonds. The zero-order chi connectivity index (χ0) is 19.9. The molecule has 0 spiro atoms. The van der Waals surface area contributed by atoms with E-state index in [1.54, 1.807) is 0 Å². The minimum Gasteiger partial charge on any atom is -0.385 e. The maximum Gasteiger partial charge on any atom is 0.228 e. The first-order valence-electron chi connectivity index (χ1n) is 10.1. The number of anilines is 1. The molecule has 0 bridgehead atoms. The lowest BCUT2D eigenvalue weighted by Gasteiger charge is -2.44. The number of carbonyl (C=O) groups excluding carboxylic acids is 1. The summed E-state index contributed by atoms with van der Waals surface area (Å²) < 4.78 is -0.0250. The van der Waals surface area contributed by atoms with Crippen molar-refractivity contribution >= 4 is 11.6 Å². The molecule has 0 saturated carbocycles. The predicted molar refractivity (Wildman–Crippen MR) is 108 cm³/mol. The van der Waals surface area contributed by atoms with Crippen LogP contribution in [0.15, 0.2) is 42.5 Å². The number of aliphatic hydroxyl groups is 1. The number of carbonyl (C=O) groups is 1. The van der Waals surface area contributed by atoms with Crippen LogP contribution < -0.4 is 5.32 Å². The van der Waals surface area contributed by atoms with E-state index in [0.29, 0.717) is 32.4 Å². The largest absolute Gasteiger partial charge is 0.385 e. The van der Waals surface area contributed by atoms with Crippen LogP contribution in [0.5, 0.6) is 0 Å². The highest BCUT2D eigenvalue weighted by Gasteiger charge is 2.45. The first kappa shape index (κ1) is 19.1. The molecule has 0 aliphatic carbocycles. The Morgan fingerprint density at radius 3 is 2.50 bits per heavy atom. The van der Waals surface area contributed by atoms with E-state index in [1.165, 1.54) is 5.56 Å². The molecule has 0 unspecified atom stereocenters. The maximum atomic E-state index is 11.7. The summed E-state index contributed by atoms with van der Waals surface area (Å²) in [5, 5.41) is 25.2. The summed E-state index contributed by atoms with van der Waals surface area (Å²) in [6.45, 7) is 5.18. The quantitative estimate of drug-likeness (QED) is 0.712. The van der Waals surface area contributed by atoms with Gasteiger partial charge in [-0.3, -0.25) is 4.79 Å². The van der Waals surface area contributed by atoms with Gasteiger partial charge in [-0.05, 0) is 42.2 Å². The third-order valence-electron chi connectivity index (χ3n) is 6.79. The second-order valence-electron chi connectivity index (χ2n) is 8.49. The number of piperidine rings is 1. The summed E-state index contributed by atoms with van der Waals surface area (Å²) in [6, 6.07) is 13.8. The average molecular weight is 381 g/mol. The second kappa shape index (κ2) is 6.99. The Labute approximate surface area is 166 Å². The summed E-state index contributed by atoms with van der Waals surface area (Å²) in [7, 11) is 0. The molecule has 4 rings (SSSR count). The van der Waals surface area contributed by atoms with E-state index in [0.717, 1.165) is 28.8 Å². The average Bonchev–Trinajstić information content (AvgIpc) is 3.08. The van der Waals surface area contributed by atoms with Crippen molar-refractivity contribution in [3.05, 3.63) is 64.7 Å². The highest BCUT2D eigenvalue weighted by atomic mass is 16.5. The van der Waals surface area contributed by atoms with Gasteiger partial charge in [0, 0.05) is 24.9 Å². The molecule has 5 nitrogen and oxygen atoms in total. The fourth-order valence-electron chi connectivity index (χ4n) is 4.69. The molecular weight excluding hydrogens is 352 g/mol. The Hall–Kier alpha value is -2.21. The van der Waals surface area contributed by atoms with E-state index < -0.39 is 5.60 Å². The SMILES string of the molecule is Cc1c(C[C@H](C)[N+]2(O)CCC(O)(c3ccccc3)CC2)ccc2c1CC(=O)N2. The summed E-state index contributed by atoms with van der Waals surface area (Å²) in [5.74, 6) is 0.0465. The van der Waals surface area contributed by atoms with E-state index in [-0.39, 0.29) is 16.6 Å². The van der Waals surface area contributed by atoms with Crippen molar-refractivity contribution in [2.75, 3.05) is 18.4 Å². The lowest BCUT2D eigenvalue weighted by Crippen LogP contribution is -2.59. The third-order valence-corrected chi connectivity index (χ3v) is 6.79. The number of hydrogen-bond acceptors (Lipinski definition) is 3. The Kier molecular flexibility index (Phi) is 4.78. The molecule has 5 heteroatoms. The van der Waals surface area contributed by atoms with Crippen molar-refractivity contribution in [1.29, 1.82) is 0 Å². The molecule has 148 valence electrons. The molecule has 28 heavy (non-hydrogen) atoms. The first-order valence-corrected chi connectivity index (χ1v) is 10.1. The molecule has 0 aromatic heterocycles. The molecule has 2 aromatic carbocycles. The minimum atomic E-state index is -0.860. The Balaban J connectivity index is 1.47. The van der Waals surface area contributed by atoms with Crippen molar-refractivity contribution < 1.29 is 19.8 Å². The van der Waals surface area contributed by atoms with Gasteiger partial charge in [0.15, 0.2) is 0 Å². The van der Waals surface area contributed by atoms with Crippen LogP contribution in [-0.4, -0.2) is 40.0 Å². The van der Waals surface area contributed by atoms with E-state index in [9.17, 15) is 15.1 Å². The molecule has 2 aliphatic heterocycles. The van der Waals surface area contributed by atoms with Crippen molar-refractivity contribution in [3.8, 4) is 0 Å². The summed E-state index contributed by atoms with van der Waals surface area (Å²) in [4.78, 5) is 11.7. The van der Waals surface area contributed by atoms with Crippen LogP contribution in [-0.2, 0) is 23.2 Å². The van der Waals surface area contributed by atoms with Gasteiger partial charge in [-0.2, -0.15) is 4.65 Å². The van der Waals surface area contributed by atoms with Crippen molar-refractivity contribution in [2.24, 2.45) is 0 Å². The third kappa shape index (κ3) is 3.34. The van der Waals surface area contributed by atoms with Gasteiger partial charge in [0.2, 0.25) is 5.91 Å². The monoisotopic (exact) mass is 381 g/mol. The zero-order valence-corrected chi connectivity index (χ0v) is 16.6. The van der Waals surface area contributed by atoms with Gasteiger partial charge in [0.1, 0.15) is 24.7 Å². The molecule has 0 radical (unpaired) electrons. The van der Waals surface area contributed by atoms with Crippen LogP contribution in [0.3, 0.4) is 0 Å². The van der Waals surface area contributed by atoms with Gasteiger partial charge in [-0.15, -0.1) is 0 Å². The number of nitrogens with zero attached hydrogens (tertiary/aromatic N) is 1. The number of benzene rings is 2. The van der Waals surface area contributed by atoms with E-state index in [1.807, 2.05) is 36.4 Å². The number of rotatable bonds is 4. The summed E-state index contributed by atoms with van der Waals surface area (Å²) in [5.41, 5.74) is 4.39. The Bertz CT molecular complexity index is 886. The summed E-state index contributed by atoms with van der Waals surface area (Å²) in [6.07, 6.45) is 2.26. The van der Waals surface area contributed by atoms with Crippen LogP contribution in [0.25, 0.3) is 0 Å².